The van der Waals surface area contributed by atoms with Crippen molar-refractivity contribution in [1.29, 1.82) is 0 Å². The average molecular weight is 470 g/mol. The maximum Gasteiger partial charge on any atom is 0.280 e. The van der Waals surface area contributed by atoms with E-state index in [4.69, 9.17) is 9.47 Å². The lowest BCUT2D eigenvalue weighted by molar-refractivity contribution is -0.127. The van der Waals surface area contributed by atoms with Crippen molar-refractivity contribution < 1.29 is 14.3 Å². The Hall–Kier alpha value is -1.86. The Morgan fingerprint density at radius 2 is 2.00 bits per heavy atom. The third-order valence-corrected chi connectivity index (χ3v) is 4.31. The Labute approximate surface area is 163 Å². The second-order valence-corrected chi connectivity index (χ2v) is 6.81. The number of para-hydroxylation sites is 1. The zero-order valence-corrected chi connectivity index (χ0v) is 17.0. The van der Waals surface area contributed by atoms with Crippen LogP contribution in [-0.4, -0.2) is 24.8 Å². The highest BCUT2D eigenvalue weighted by Gasteiger charge is 2.15. The minimum absolute atomic E-state index is 0.347. The maximum absolute atomic E-state index is 12.1. The predicted octanol–water partition coefficient (Wildman–Crippen LogP) is 4.53. The van der Waals surface area contributed by atoms with Crippen LogP contribution in [0.25, 0.3) is 0 Å². The van der Waals surface area contributed by atoms with Crippen molar-refractivity contribution in [1.82, 2.24) is 5.43 Å². The topological polar surface area (TPSA) is 59.9 Å². The van der Waals surface area contributed by atoms with Gasteiger partial charge in [-0.15, -0.1) is 0 Å². The fraction of sp³-hybridized carbons (Fsp3) is 0.222. The van der Waals surface area contributed by atoms with E-state index < -0.39 is 6.10 Å². The van der Waals surface area contributed by atoms with Gasteiger partial charge in [-0.05, 0) is 60.1 Å². The second kappa shape index (κ2) is 9.58. The molecule has 0 heterocycles. The van der Waals surface area contributed by atoms with Gasteiger partial charge in [0.25, 0.3) is 5.91 Å². The van der Waals surface area contributed by atoms with Crippen LogP contribution >= 0.6 is 31.9 Å². The van der Waals surface area contributed by atoms with E-state index in [2.05, 4.69) is 42.4 Å². The van der Waals surface area contributed by atoms with Gasteiger partial charge in [0.05, 0.1) is 17.3 Å². The number of rotatable bonds is 7. The number of carbonyl (C=O) groups excluding carboxylic acids is 1. The second-order valence-electron chi connectivity index (χ2n) is 5.04. The van der Waals surface area contributed by atoms with Crippen LogP contribution in [0.2, 0.25) is 0 Å². The summed E-state index contributed by atoms with van der Waals surface area (Å²) in [5, 5.41) is 3.99. The molecule has 0 radical (unpaired) electrons. The molecule has 0 unspecified atom stereocenters. The Morgan fingerprint density at radius 3 is 2.72 bits per heavy atom. The number of halogens is 2. The molecule has 0 spiro atoms. The first-order valence-electron chi connectivity index (χ1n) is 7.67. The van der Waals surface area contributed by atoms with Gasteiger partial charge in [-0.25, -0.2) is 5.43 Å². The van der Waals surface area contributed by atoms with Gasteiger partial charge in [0.2, 0.25) is 0 Å². The van der Waals surface area contributed by atoms with Crippen molar-refractivity contribution in [3.63, 3.8) is 0 Å². The molecule has 0 fully saturated rings. The van der Waals surface area contributed by atoms with Gasteiger partial charge < -0.3 is 9.47 Å². The highest BCUT2D eigenvalue weighted by atomic mass is 79.9. The van der Waals surface area contributed by atoms with Crippen LogP contribution in [0.3, 0.4) is 0 Å². The molecule has 0 saturated carbocycles. The summed E-state index contributed by atoms with van der Waals surface area (Å²) in [6.45, 7) is 4.12. The first-order chi connectivity index (χ1) is 12.0. The number of amides is 1. The highest BCUT2D eigenvalue weighted by molar-refractivity contribution is 9.10. The van der Waals surface area contributed by atoms with Crippen LogP contribution < -0.4 is 14.9 Å². The average Bonchev–Trinajstić information content (AvgIpc) is 2.59. The molecular formula is C18H18Br2N2O3. The van der Waals surface area contributed by atoms with Crippen LogP contribution in [0.5, 0.6) is 11.5 Å². The molecule has 1 N–H and O–H groups in total. The van der Waals surface area contributed by atoms with E-state index in [0.717, 1.165) is 14.5 Å². The molecule has 132 valence electrons. The van der Waals surface area contributed by atoms with Crippen LogP contribution in [0.15, 0.2) is 56.5 Å². The Morgan fingerprint density at radius 1 is 1.24 bits per heavy atom. The summed E-state index contributed by atoms with van der Waals surface area (Å²) >= 11 is 6.79. The van der Waals surface area contributed by atoms with Crippen molar-refractivity contribution in [3.05, 3.63) is 57.0 Å². The summed E-state index contributed by atoms with van der Waals surface area (Å²) in [5.74, 6) is 0.945. The molecule has 0 aromatic heterocycles. The largest absolute Gasteiger partial charge is 0.493 e. The van der Waals surface area contributed by atoms with Crippen LogP contribution in [-0.2, 0) is 4.79 Å². The van der Waals surface area contributed by atoms with Gasteiger partial charge in [0.15, 0.2) is 6.10 Å². The smallest absolute Gasteiger partial charge is 0.280 e. The molecule has 0 aliphatic rings. The number of hydrogen-bond acceptors (Lipinski definition) is 4. The number of hydrogen-bond donors (Lipinski definition) is 1. The molecule has 7 heteroatoms. The zero-order valence-electron chi connectivity index (χ0n) is 13.8. The molecule has 1 amide bonds. The summed E-state index contributed by atoms with van der Waals surface area (Å²) in [5.41, 5.74) is 3.24. The SMILES string of the molecule is CCOc1ccc(Br)cc1/C=N\NC(=O)[C@@H](C)Oc1ccccc1Br. The fourth-order valence-corrected chi connectivity index (χ4v) is 2.70. The van der Waals surface area contributed by atoms with E-state index in [-0.39, 0.29) is 5.91 Å². The minimum atomic E-state index is -0.690. The van der Waals surface area contributed by atoms with Gasteiger partial charge in [-0.2, -0.15) is 5.10 Å². The quantitative estimate of drug-likeness (QED) is 0.478. The van der Waals surface area contributed by atoms with Gasteiger partial charge in [-0.1, -0.05) is 28.1 Å². The fourth-order valence-electron chi connectivity index (χ4n) is 1.95. The van der Waals surface area contributed by atoms with Gasteiger partial charge in [0.1, 0.15) is 11.5 Å². The summed E-state index contributed by atoms with van der Waals surface area (Å²) in [7, 11) is 0. The number of nitrogens with one attached hydrogen (secondary N) is 1. The molecule has 0 bridgehead atoms. The third kappa shape index (κ3) is 5.86. The Bertz CT molecular complexity index is 766. The number of carbonyl (C=O) groups is 1. The molecule has 1 atom stereocenters. The normalized spacial score (nSPS) is 12.0. The van der Waals surface area contributed by atoms with E-state index in [1.54, 1.807) is 19.2 Å². The van der Waals surface area contributed by atoms with E-state index in [0.29, 0.717) is 18.1 Å². The zero-order chi connectivity index (χ0) is 18.2. The summed E-state index contributed by atoms with van der Waals surface area (Å²) in [6, 6.07) is 12.9. The molecule has 5 nitrogen and oxygen atoms in total. The number of benzene rings is 2. The maximum atomic E-state index is 12.1. The summed E-state index contributed by atoms with van der Waals surface area (Å²) < 4.78 is 12.8. The highest BCUT2D eigenvalue weighted by Crippen LogP contribution is 2.25. The Kier molecular flexibility index (Phi) is 7.46. The standard InChI is InChI=1S/C18H18Br2N2O3/c1-3-24-16-9-8-14(19)10-13(16)11-21-22-18(23)12(2)25-17-7-5-4-6-15(17)20/h4-12H,3H2,1-2H3,(H,22,23)/b21-11-/t12-/m1/s1. The number of hydrazone groups is 1. The first kappa shape index (κ1) is 19.5. The molecule has 2 aromatic carbocycles. The van der Waals surface area contributed by atoms with Crippen molar-refractivity contribution in [2.45, 2.75) is 20.0 Å². The molecule has 0 aliphatic carbocycles. The van der Waals surface area contributed by atoms with Crippen LogP contribution in [0, 0.1) is 0 Å². The van der Waals surface area contributed by atoms with E-state index in [1.165, 1.54) is 0 Å². The van der Waals surface area contributed by atoms with Crippen molar-refractivity contribution in [2.24, 2.45) is 5.10 Å². The first-order valence-corrected chi connectivity index (χ1v) is 9.26. The van der Waals surface area contributed by atoms with Gasteiger partial charge in [-0.3, -0.25) is 4.79 Å². The lowest BCUT2D eigenvalue weighted by atomic mass is 10.2. The van der Waals surface area contributed by atoms with E-state index in [1.807, 2.05) is 43.3 Å². The van der Waals surface area contributed by atoms with Crippen molar-refractivity contribution >= 4 is 44.0 Å². The van der Waals surface area contributed by atoms with Crippen LogP contribution in [0.4, 0.5) is 0 Å². The summed E-state index contributed by atoms with van der Waals surface area (Å²) in [4.78, 5) is 12.1. The minimum Gasteiger partial charge on any atom is -0.493 e. The van der Waals surface area contributed by atoms with E-state index >= 15 is 0 Å². The molecule has 25 heavy (non-hydrogen) atoms. The molecule has 0 aliphatic heterocycles. The Balaban J connectivity index is 1.98. The van der Waals surface area contributed by atoms with Crippen LogP contribution in [0.1, 0.15) is 19.4 Å². The lowest BCUT2D eigenvalue weighted by Gasteiger charge is -2.14. The monoisotopic (exact) mass is 468 g/mol. The number of ether oxygens (including phenoxy) is 2. The van der Waals surface area contributed by atoms with Crippen molar-refractivity contribution in [2.75, 3.05) is 6.61 Å². The van der Waals surface area contributed by atoms with Gasteiger partial charge >= 0.3 is 0 Å². The van der Waals surface area contributed by atoms with E-state index in [9.17, 15) is 4.79 Å². The molecule has 2 rings (SSSR count). The third-order valence-electron chi connectivity index (χ3n) is 3.16. The lowest BCUT2D eigenvalue weighted by Crippen LogP contribution is -2.33. The molecule has 2 aromatic rings. The molecule has 0 saturated heterocycles. The predicted molar refractivity (Wildman–Crippen MR) is 105 cm³/mol. The number of nitrogens with zero attached hydrogens (tertiary/aromatic N) is 1. The van der Waals surface area contributed by atoms with Gasteiger partial charge in [0, 0.05) is 10.0 Å². The molecular weight excluding hydrogens is 452 g/mol. The van der Waals surface area contributed by atoms with Crippen molar-refractivity contribution in [3.8, 4) is 11.5 Å². The summed E-state index contributed by atoms with van der Waals surface area (Å²) in [6.07, 6.45) is 0.850.